The average Bonchev–Trinajstić information content (AvgIpc) is 2.84. The zero-order valence-electron chi connectivity index (χ0n) is 20.4. The molecule has 186 valence electrons. The average molecular weight is 482 g/mol. The molecular formula is C26H29N2O7-. The zero-order chi connectivity index (χ0) is 25.7. The minimum Gasteiger partial charge on any atom is -0.733 e. The third kappa shape index (κ3) is 5.16. The highest BCUT2D eigenvalue weighted by Gasteiger charge is 2.41. The molecule has 0 fully saturated rings. The van der Waals surface area contributed by atoms with Crippen molar-refractivity contribution in [2.45, 2.75) is 33.6 Å². The summed E-state index contributed by atoms with van der Waals surface area (Å²) in [5.41, 5.74) is 2.68. The molecule has 0 spiro atoms. The topological polar surface area (TPSA) is 112 Å². The van der Waals surface area contributed by atoms with Crippen LogP contribution in [-0.4, -0.2) is 37.5 Å². The van der Waals surface area contributed by atoms with Gasteiger partial charge < -0.3 is 29.5 Å². The first-order chi connectivity index (χ1) is 16.7. The van der Waals surface area contributed by atoms with Gasteiger partial charge in [-0.05, 0) is 69.7 Å². The molecule has 0 bridgehead atoms. The van der Waals surface area contributed by atoms with Gasteiger partial charge in [-0.3, -0.25) is 5.21 Å². The second-order valence-electron chi connectivity index (χ2n) is 7.77. The molecule has 9 nitrogen and oxygen atoms in total. The number of rotatable bonds is 8. The number of carbonyl (C=O) groups is 2. The molecule has 0 aliphatic carbocycles. The second kappa shape index (κ2) is 11.1. The van der Waals surface area contributed by atoms with Crippen molar-refractivity contribution in [2.75, 3.05) is 30.4 Å². The number of esters is 2. The van der Waals surface area contributed by atoms with Crippen LogP contribution in [0.2, 0.25) is 0 Å². The van der Waals surface area contributed by atoms with Crippen molar-refractivity contribution in [3.8, 4) is 5.75 Å². The molecule has 1 aliphatic heterocycles. The molecule has 2 aromatic rings. The van der Waals surface area contributed by atoms with E-state index in [4.69, 9.17) is 14.2 Å². The van der Waals surface area contributed by atoms with E-state index in [0.717, 1.165) is 0 Å². The number of hydrogen-bond acceptors (Lipinski definition) is 9. The van der Waals surface area contributed by atoms with Gasteiger partial charge in [0, 0.05) is 17.1 Å². The summed E-state index contributed by atoms with van der Waals surface area (Å²) in [7, 11) is 1.57. The lowest BCUT2D eigenvalue weighted by atomic mass is 9.79. The van der Waals surface area contributed by atoms with Gasteiger partial charge in [-0.15, -0.1) is 0 Å². The van der Waals surface area contributed by atoms with Crippen molar-refractivity contribution in [2.24, 2.45) is 0 Å². The Morgan fingerprint density at radius 2 is 1.51 bits per heavy atom. The molecule has 0 amide bonds. The van der Waals surface area contributed by atoms with Crippen molar-refractivity contribution >= 4 is 23.3 Å². The van der Waals surface area contributed by atoms with Gasteiger partial charge in [0.25, 0.3) is 0 Å². The smallest absolute Gasteiger partial charge is 0.336 e. The van der Waals surface area contributed by atoms with Gasteiger partial charge in [-0.25, -0.2) is 9.59 Å². The molecule has 2 aromatic carbocycles. The van der Waals surface area contributed by atoms with E-state index >= 15 is 0 Å². The first-order valence-corrected chi connectivity index (χ1v) is 11.2. The summed E-state index contributed by atoms with van der Waals surface area (Å²) in [4.78, 5) is 28.4. The fraction of sp³-hybridized carbons (Fsp3) is 0.308. The van der Waals surface area contributed by atoms with Gasteiger partial charge in [-0.1, -0.05) is 12.1 Å². The van der Waals surface area contributed by atoms with Gasteiger partial charge in [0.1, 0.15) is 5.75 Å². The van der Waals surface area contributed by atoms with E-state index in [9.17, 15) is 20.0 Å². The van der Waals surface area contributed by atoms with Gasteiger partial charge in [0.2, 0.25) is 0 Å². The first-order valence-electron chi connectivity index (χ1n) is 11.2. The highest BCUT2D eigenvalue weighted by Crippen LogP contribution is 2.45. The normalized spacial score (nSPS) is 14.2. The van der Waals surface area contributed by atoms with E-state index in [2.05, 4.69) is 0 Å². The Morgan fingerprint density at radius 3 is 1.97 bits per heavy atom. The largest absolute Gasteiger partial charge is 0.733 e. The molecule has 3 rings (SSSR count). The molecule has 0 unspecified atom stereocenters. The van der Waals surface area contributed by atoms with Crippen LogP contribution in [0.4, 0.5) is 11.4 Å². The highest BCUT2D eigenvalue weighted by atomic mass is 16.8. The number of allylic oxidation sites excluding steroid dienone is 2. The summed E-state index contributed by atoms with van der Waals surface area (Å²) in [6, 6.07) is 13.3. The van der Waals surface area contributed by atoms with Gasteiger partial charge in [0.05, 0.1) is 43.1 Å². The Hall–Kier alpha value is -3.82. The second-order valence-corrected chi connectivity index (χ2v) is 7.77. The van der Waals surface area contributed by atoms with E-state index < -0.39 is 17.9 Å². The minimum absolute atomic E-state index is 0.0400. The van der Waals surface area contributed by atoms with Gasteiger partial charge in [-0.2, -0.15) is 0 Å². The number of ether oxygens (including phenoxy) is 3. The van der Waals surface area contributed by atoms with Crippen LogP contribution in [-0.2, 0) is 19.1 Å². The van der Waals surface area contributed by atoms with Gasteiger partial charge >= 0.3 is 11.9 Å². The lowest BCUT2D eigenvalue weighted by molar-refractivity contribution is -0.139. The Morgan fingerprint density at radius 1 is 0.971 bits per heavy atom. The van der Waals surface area contributed by atoms with Gasteiger partial charge in [0.15, 0.2) is 0 Å². The standard InChI is InChI=1S/C26H29N2O7/c1-6-34-25(29)22-16(3)27(19-11-13-21(33-5)14-12-19)17(4)23(26(30)35-7-2)24(22)18-9-8-10-20(15-18)28(31)32/h8-15,24,31H,6-7H2,1-5H3/q-1. The van der Waals surface area contributed by atoms with E-state index in [0.29, 0.717) is 28.4 Å². The molecule has 0 aromatic heterocycles. The Bertz CT molecular complexity index is 1110. The fourth-order valence-electron chi connectivity index (χ4n) is 4.28. The molecule has 1 N–H and O–H groups in total. The molecule has 0 atom stereocenters. The zero-order valence-corrected chi connectivity index (χ0v) is 20.4. The maximum absolute atomic E-state index is 13.3. The lowest BCUT2D eigenvalue weighted by Gasteiger charge is -2.38. The maximum Gasteiger partial charge on any atom is 0.336 e. The predicted octanol–water partition coefficient (Wildman–Crippen LogP) is 4.67. The number of benzene rings is 2. The van der Waals surface area contributed by atoms with Crippen LogP contribution < -0.4 is 14.9 Å². The van der Waals surface area contributed by atoms with Crippen molar-refractivity contribution in [3.05, 3.63) is 81.8 Å². The Labute approximate surface area is 204 Å². The monoisotopic (exact) mass is 481 g/mol. The third-order valence-corrected chi connectivity index (χ3v) is 5.77. The maximum atomic E-state index is 13.3. The molecule has 1 heterocycles. The predicted molar refractivity (Wildman–Crippen MR) is 131 cm³/mol. The van der Waals surface area contributed by atoms with E-state index in [1.807, 2.05) is 12.1 Å². The van der Waals surface area contributed by atoms with Crippen molar-refractivity contribution in [1.82, 2.24) is 0 Å². The number of hydrogen-bond donors (Lipinski definition) is 1. The number of anilines is 2. The highest BCUT2D eigenvalue weighted by molar-refractivity contribution is 6.01. The SMILES string of the molecule is CCOC(=O)C1=C(C)N(c2ccc(OC)cc2)C(C)=C(C(=O)OCC)C1c1cccc(N([O-])O)c1. The molecule has 0 radical (unpaired) electrons. The number of carbonyl (C=O) groups excluding carboxylic acids is 2. The van der Waals surface area contributed by atoms with Crippen LogP contribution >= 0.6 is 0 Å². The van der Waals surface area contributed by atoms with Crippen LogP contribution in [0.25, 0.3) is 0 Å². The number of methoxy groups -OCH3 is 1. The van der Waals surface area contributed by atoms with Crippen LogP contribution in [0, 0.1) is 5.21 Å². The Balaban J connectivity index is 2.32. The third-order valence-electron chi connectivity index (χ3n) is 5.77. The molecule has 1 aliphatic rings. The van der Waals surface area contributed by atoms with E-state index in [1.54, 1.807) is 64.0 Å². The van der Waals surface area contributed by atoms with E-state index in [1.165, 1.54) is 12.1 Å². The lowest BCUT2D eigenvalue weighted by Crippen LogP contribution is -2.35. The van der Waals surface area contributed by atoms with Crippen molar-refractivity contribution in [1.29, 1.82) is 0 Å². The number of nitrogens with zero attached hydrogens (tertiary/aromatic N) is 2. The summed E-state index contributed by atoms with van der Waals surface area (Å²) < 4.78 is 16.0. The first kappa shape index (κ1) is 25.8. The van der Waals surface area contributed by atoms with Crippen molar-refractivity contribution < 1.29 is 29.0 Å². The summed E-state index contributed by atoms with van der Waals surface area (Å²) in [6.45, 7) is 7.19. The minimum atomic E-state index is -0.887. The summed E-state index contributed by atoms with van der Waals surface area (Å²) in [6.07, 6.45) is 0. The van der Waals surface area contributed by atoms with Crippen LogP contribution in [0.5, 0.6) is 5.75 Å². The summed E-state index contributed by atoms with van der Waals surface area (Å²) in [5, 5.41) is 20.8. The fourth-order valence-corrected chi connectivity index (χ4v) is 4.28. The quantitative estimate of drug-likeness (QED) is 0.425. The molecule has 9 heteroatoms. The van der Waals surface area contributed by atoms with Crippen molar-refractivity contribution in [3.63, 3.8) is 0 Å². The molecule has 0 saturated carbocycles. The van der Waals surface area contributed by atoms with E-state index in [-0.39, 0.29) is 35.3 Å². The summed E-state index contributed by atoms with van der Waals surface area (Å²) in [5.74, 6) is -1.43. The molecular weight excluding hydrogens is 452 g/mol. The Kier molecular flexibility index (Phi) is 8.16. The van der Waals surface area contributed by atoms with Crippen LogP contribution in [0.3, 0.4) is 0 Å². The molecule has 0 saturated heterocycles. The van der Waals surface area contributed by atoms with Crippen LogP contribution in [0.15, 0.2) is 71.1 Å². The van der Waals surface area contributed by atoms with Crippen LogP contribution in [0.1, 0.15) is 39.2 Å². The molecule has 35 heavy (non-hydrogen) atoms. The summed E-state index contributed by atoms with van der Waals surface area (Å²) >= 11 is 0.